The van der Waals surface area contributed by atoms with E-state index in [1.807, 2.05) is 0 Å². The zero-order valence-corrected chi connectivity index (χ0v) is 15.0. The molecular weight excluding hydrogens is 316 g/mol. The number of ether oxygens (including phenoxy) is 1. The van der Waals surface area contributed by atoms with Crippen molar-refractivity contribution < 1.29 is 14.3 Å². The second-order valence-corrected chi connectivity index (χ2v) is 7.83. The molecular formula is C20H26N2O3. The third kappa shape index (κ3) is 2.79. The summed E-state index contributed by atoms with van der Waals surface area (Å²) in [6, 6.07) is 9.03. The number of methoxy groups -OCH3 is 1. The minimum Gasteiger partial charge on any atom is -0.453 e. The molecule has 0 spiro atoms. The predicted octanol–water partition coefficient (Wildman–Crippen LogP) is 2.48. The van der Waals surface area contributed by atoms with Crippen LogP contribution >= 0.6 is 0 Å². The Morgan fingerprint density at radius 3 is 2.64 bits per heavy atom. The van der Waals surface area contributed by atoms with Crippen molar-refractivity contribution in [1.29, 1.82) is 0 Å². The van der Waals surface area contributed by atoms with Crippen molar-refractivity contribution in [3.8, 4) is 0 Å². The van der Waals surface area contributed by atoms with Crippen LogP contribution in [0.4, 0.5) is 4.79 Å². The number of aryl methyl sites for hydroxylation is 1. The Kier molecular flexibility index (Phi) is 3.97. The molecule has 134 valence electrons. The van der Waals surface area contributed by atoms with Crippen molar-refractivity contribution in [3.05, 3.63) is 35.4 Å². The Morgan fingerprint density at radius 1 is 1.28 bits per heavy atom. The molecule has 25 heavy (non-hydrogen) atoms. The highest BCUT2D eigenvalue weighted by Crippen LogP contribution is 2.59. The number of likely N-dealkylation sites (tertiary alicyclic amines) is 1. The first kappa shape index (κ1) is 16.4. The lowest BCUT2D eigenvalue weighted by atomic mass is 9.79. The number of carbonyl (C=O) groups excluding carboxylic acids is 2. The van der Waals surface area contributed by atoms with Crippen LogP contribution in [0, 0.1) is 11.8 Å². The fourth-order valence-corrected chi connectivity index (χ4v) is 4.59. The number of hydrogen-bond donors (Lipinski definition) is 1. The van der Waals surface area contributed by atoms with E-state index in [0.717, 1.165) is 32.4 Å². The average molecular weight is 342 g/mol. The van der Waals surface area contributed by atoms with Crippen LogP contribution in [0.2, 0.25) is 0 Å². The second-order valence-electron chi connectivity index (χ2n) is 7.83. The van der Waals surface area contributed by atoms with Gasteiger partial charge < -0.3 is 15.0 Å². The number of hydrogen-bond acceptors (Lipinski definition) is 3. The maximum Gasteiger partial charge on any atom is 0.407 e. The van der Waals surface area contributed by atoms with Crippen molar-refractivity contribution in [3.63, 3.8) is 0 Å². The average Bonchev–Trinajstić information content (AvgIpc) is 3.18. The van der Waals surface area contributed by atoms with Gasteiger partial charge in [-0.25, -0.2) is 4.79 Å². The number of rotatable bonds is 4. The lowest BCUT2D eigenvalue weighted by Gasteiger charge is -2.37. The van der Waals surface area contributed by atoms with Gasteiger partial charge in [-0.05, 0) is 42.7 Å². The first-order valence-electron chi connectivity index (χ1n) is 9.28. The molecule has 0 bridgehead atoms. The van der Waals surface area contributed by atoms with Crippen LogP contribution in [0.3, 0.4) is 0 Å². The van der Waals surface area contributed by atoms with Crippen LogP contribution in [0.25, 0.3) is 0 Å². The monoisotopic (exact) mass is 342 g/mol. The van der Waals surface area contributed by atoms with E-state index in [-0.39, 0.29) is 23.3 Å². The quantitative estimate of drug-likeness (QED) is 0.914. The molecule has 1 aromatic carbocycles. The van der Waals surface area contributed by atoms with Gasteiger partial charge in [-0.2, -0.15) is 0 Å². The van der Waals surface area contributed by atoms with Crippen LogP contribution in [0.1, 0.15) is 37.3 Å². The molecule has 4 rings (SSSR count). The van der Waals surface area contributed by atoms with E-state index in [1.165, 1.54) is 24.7 Å². The molecule has 2 unspecified atom stereocenters. The normalized spacial score (nSPS) is 32.6. The van der Waals surface area contributed by atoms with Crippen molar-refractivity contribution in [2.24, 2.45) is 11.8 Å². The summed E-state index contributed by atoms with van der Waals surface area (Å²) < 4.78 is 4.61. The van der Waals surface area contributed by atoms with Crippen LogP contribution in [0.15, 0.2) is 24.3 Å². The molecule has 5 heteroatoms. The zero-order chi connectivity index (χ0) is 17.6. The van der Waals surface area contributed by atoms with Crippen molar-refractivity contribution in [1.82, 2.24) is 10.2 Å². The molecule has 0 aromatic heterocycles. The van der Waals surface area contributed by atoms with Crippen LogP contribution < -0.4 is 5.32 Å². The Hall–Kier alpha value is -2.04. The lowest BCUT2D eigenvalue weighted by Crippen LogP contribution is -2.50. The molecule has 0 radical (unpaired) electrons. The van der Waals surface area contributed by atoms with Crippen LogP contribution in [-0.4, -0.2) is 43.1 Å². The first-order valence-corrected chi connectivity index (χ1v) is 9.28. The highest BCUT2D eigenvalue weighted by Gasteiger charge is 2.62. The Morgan fingerprint density at radius 2 is 2.00 bits per heavy atom. The molecule has 3 fully saturated rings. The molecule has 1 saturated heterocycles. The Bertz CT molecular complexity index is 681. The second kappa shape index (κ2) is 6.04. The van der Waals surface area contributed by atoms with Gasteiger partial charge in [0.15, 0.2) is 0 Å². The van der Waals surface area contributed by atoms with Crippen molar-refractivity contribution in [2.75, 3.05) is 20.2 Å². The topological polar surface area (TPSA) is 58.6 Å². The molecule has 1 heterocycles. The SMILES string of the molecule is CCc1ccc(C23CC2CN(C(=O)C2CC(NC(=O)OC)C2)C3)cc1. The van der Waals surface area contributed by atoms with Crippen molar-refractivity contribution in [2.45, 2.75) is 44.1 Å². The highest BCUT2D eigenvalue weighted by molar-refractivity contribution is 5.81. The van der Waals surface area contributed by atoms with Gasteiger partial charge in [0.05, 0.1) is 7.11 Å². The van der Waals surface area contributed by atoms with Gasteiger partial charge in [0.25, 0.3) is 0 Å². The predicted molar refractivity (Wildman–Crippen MR) is 94.2 cm³/mol. The summed E-state index contributed by atoms with van der Waals surface area (Å²) in [7, 11) is 1.36. The third-order valence-electron chi connectivity index (χ3n) is 6.39. The van der Waals surface area contributed by atoms with Gasteiger partial charge in [0.1, 0.15) is 0 Å². The number of carbonyl (C=O) groups is 2. The summed E-state index contributed by atoms with van der Waals surface area (Å²) >= 11 is 0. The van der Waals surface area contributed by atoms with E-state index in [0.29, 0.717) is 5.92 Å². The van der Waals surface area contributed by atoms with Gasteiger partial charge in [-0.1, -0.05) is 31.2 Å². The summed E-state index contributed by atoms with van der Waals surface area (Å²) in [6.07, 6.45) is 3.32. The van der Waals surface area contributed by atoms with E-state index in [1.54, 1.807) is 0 Å². The summed E-state index contributed by atoms with van der Waals surface area (Å²) in [4.78, 5) is 26.0. The van der Waals surface area contributed by atoms with E-state index in [9.17, 15) is 9.59 Å². The molecule has 1 aliphatic heterocycles. The first-order chi connectivity index (χ1) is 12.1. The fourth-order valence-electron chi connectivity index (χ4n) is 4.59. The minimum absolute atomic E-state index is 0.0548. The Labute approximate surface area is 148 Å². The number of benzene rings is 1. The van der Waals surface area contributed by atoms with E-state index in [4.69, 9.17) is 0 Å². The lowest BCUT2D eigenvalue weighted by molar-refractivity contribution is -0.138. The number of amides is 2. The zero-order valence-electron chi connectivity index (χ0n) is 15.0. The van der Waals surface area contributed by atoms with Gasteiger partial charge in [0.2, 0.25) is 5.91 Å². The summed E-state index contributed by atoms with van der Waals surface area (Å²) in [5, 5.41) is 2.77. The van der Waals surface area contributed by atoms with E-state index < -0.39 is 6.09 Å². The number of nitrogens with one attached hydrogen (secondary N) is 1. The molecule has 2 aliphatic carbocycles. The van der Waals surface area contributed by atoms with Gasteiger partial charge in [-0.15, -0.1) is 0 Å². The van der Waals surface area contributed by atoms with Crippen LogP contribution in [0.5, 0.6) is 0 Å². The molecule has 2 amide bonds. The van der Waals surface area contributed by atoms with E-state index in [2.05, 4.69) is 46.1 Å². The summed E-state index contributed by atoms with van der Waals surface area (Å²) in [5.74, 6) is 0.937. The highest BCUT2D eigenvalue weighted by atomic mass is 16.5. The number of piperidine rings is 1. The minimum atomic E-state index is -0.409. The summed E-state index contributed by atoms with van der Waals surface area (Å²) in [6.45, 7) is 3.91. The maximum atomic E-state index is 12.8. The largest absolute Gasteiger partial charge is 0.453 e. The number of fused-ring (bicyclic) bond motifs is 1. The maximum absolute atomic E-state index is 12.8. The van der Waals surface area contributed by atoms with E-state index >= 15 is 0 Å². The standard InChI is InChI=1S/C20H26N2O3/c1-3-13-4-6-15(7-5-13)20-10-16(20)11-22(12-20)18(23)14-8-17(9-14)21-19(24)25-2/h4-7,14,16-17H,3,8-12H2,1-2H3,(H,21,24). The Balaban J connectivity index is 1.34. The number of alkyl carbamates (subject to hydrolysis) is 1. The molecule has 2 atom stereocenters. The molecule has 2 saturated carbocycles. The fraction of sp³-hybridized carbons (Fsp3) is 0.600. The van der Waals surface area contributed by atoms with Gasteiger partial charge >= 0.3 is 6.09 Å². The number of nitrogens with zero attached hydrogens (tertiary/aromatic N) is 1. The summed E-state index contributed by atoms with van der Waals surface area (Å²) in [5.41, 5.74) is 2.96. The van der Waals surface area contributed by atoms with Gasteiger partial charge in [-0.3, -0.25) is 4.79 Å². The van der Waals surface area contributed by atoms with Crippen molar-refractivity contribution >= 4 is 12.0 Å². The molecule has 3 aliphatic rings. The smallest absolute Gasteiger partial charge is 0.407 e. The molecule has 5 nitrogen and oxygen atoms in total. The molecule has 1 aromatic rings. The van der Waals surface area contributed by atoms with Crippen LogP contribution in [-0.2, 0) is 21.4 Å². The molecule has 1 N–H and O–H groups in total. The van der Waals surface area contributed by atoms with Gasteiger partial charge in [0, 0.05) is 30.5 Å². The third-order valence-corrected chi connectivity index (χ3v) is 6.39.